The summed E-state index contributed by atoms with van der Waals surface area (Å²) >= 11 is 0. The van der Waals surface area contributed by atoms with Gasteiger partial charge in [-0.05, 0) is 11.6 Å². The van der Waals surface area contributed by atoms with Crippen molar-refractivity contribution in [2.75, 3.05) is 18.5 Å². The lowest BCUT2D eigenvalue weighted by Crippen LogP contribution is -2.32. The Bertz CT molecular complexity index is 1520. The molecule has 0 bridgehead atoms. The summed E-state index contributed by atoms with van der Waals surface area (Å²) in [7, 11) is 0. The van der Waals surface area contributed by atoms with Crippen molar-refractivity contribution in [3.63, 3.8) is 0 Å². The zero-order chi connectivity index (χ0) is 26.8. The van der Waals surface area contributed by atoms with Crippen molar-refractivity contribution in [2.45, 2.75) is 19.5 Å². The van der Waals surface area contributed by atoms with Crippen molar-refractivity contribution in [3.05, 3.63) is 106 Å². The number of nitrogens with zero attached hydrogens (tertiary/aromatic N) is 2. The van der Waals surface area contributed by atoms with Crippen LogP contribution in [0.4, 0.5) is 23.2 Å². The SMILES string of the molecule is O=C(COC(=O)c1c2c(nc3ccccc13)CCN(Cc1ccccc1)C2)Nc1c(F)c(F)cc(F)c1F. The minimum atomic E-state index is -1.77. The van der Waals surface area contributed by atoms with Crippen molar-refractivity contribution in [3.8, 4) is 0 Å². The first-order valence-corrected chi connectivity index (χ1v) is 11.8. The van der Waals surface area contributed by atoms with Gasteiger partial charge in [-0.15, -0.1) is 0 Å². The third-order valence-corrected chi connectivity index (χ3v) is 6.29. The zero-order valence-corrected chi connectivity index (χ0v) is 19.9. The number of amides is 1. The number of aromatic nitrogens is 1. The summed E-state index contributed by atoms with van der Waals surface area (Å²) in [5.74, 6) is -8.88. The van der Waals surface area contributed by atoms with Crippen molar-refractivity contribution in [2.24, 2.45) is 0 Å². The van der Waals surface area contributed by atoms with Crippen LogP contribution in [0.3, 0.4) is 0 Å². The quantitative estimate of drug-likeness (QED) is 0.215. The molecule has 3 aromatic carbocycles. The average molecular weight is 523 g/mol. The number of anilines is 1. The zero-order valence-electron chi connectivity index (χ0n) is 19.9. The smallest absolute Gasteiger partial charge is 0.339 e. The van der Waals surface area contributed by atoms with E-state index < -0.39 is 47.4 Å². The highest BCUT2D eigenvalue weighted by molar-refractivity contribution is 6.06. The van der Waals surface area contributed by atoms with Gasteiger partial charge in [-0.2, -0.15) is 0 Å². The molecule has 2 heterocycles. The Labute approximate surface area is 214 Å². The molecule has 0 radical (unpaired) electrons. The molecule has 1 amide bonds. The molecule has 0 fully saturated rings. The topological polar surface area (TPSA) is 71.5 Å². The normalized spacial score (nSPS) is 13.3. The van der Waals surface area contributed by atoms with Gasteiger partial charge in [0.15, 0.2) is 29.9 Å². The molecule has 38 heavy (non-hydrogen) atoms. The van der Waals surface area contributed by atoms with Crippen LogP contribution in [0.1, 0.15) is 27.2 Å². The van der Waals surface area contributed by atoms with E-state index in [-0.39, 0.29) is 11.6 Å². The standard InChI is InChI=1S/C28H21F4N3O3/c29-19-12-20(30)26(32)27(25(19)31)34-23(36)15-38-28(37)24-17-8-4-5-9-21(17)33-22-10-11-35(14-18(22)24)13-16-6-2-1-3-7-16/h1-9,12H,10-11,13-15H2,(H,34,36). The summed E-state index contributed by atoms with van der Waals surface area (Å²) in [4.78, 5) is 32.5. The van der Waals surface area contributed by atoms with Gasteiger partial charge in [0.05, 0.1) is 11.1 Å². The van der Waals surface area contributed by atoms with Gasteiger partial charge in [-0.1, -0.05) is 48.5 Å². The number of nitrogens with one attached hydrogen (secondary N) is 1. The molecule has 0 saturated heterocycles. The first-order valence-electron chi connectivity index (χ1n) is 11.8. The molecule has 194 valence electrons. The van der Waals surface area contributed by atoms with Gasteiger partial charge in [0.1, 0.15) is 5.69 Å². The third-order valence-electron chi connectivity index (χ3n) is 6.29. The number of carbonyl (C=O) groups is 2. The van der Waals surface area contributed by atoms with Crippen LogP contribution in [-0.2, 0) is 29.0 Å². The number of fused-ring (bicyclic) bond motifs is 2. The Morgan fingerprint density at radius 1 is 0.947 bits per heavy atom. The minimum Gasteiger partial charge on any atom is -0.452 e. The number of benzene rings is 3. The second-order valence-electron chi connectivity index (χ2n) is 8.84. The van der Waals surface area contributed by atoms with Gasteiger partial charge in [0, 0.05) is 48.8 Å². The van der Waals surface area contributed by atoms with E-state index in [0.29, 0.717) is 36.0 Å². The van der Waals surface area contributed by atoms with Gasteiger partial charge in [0.2, 0.25) is 0 Å². The largest absolute Gasteiger partial charge is 0.452 e. The first-order chi connectivity index (χ1) is 18.3. The van der Waals surface area contributed by atoms with Crippen molar-refractivity contribution < 1.29 is 31.9 Å². The number of esters is 1. The van der Waals surface area contributed by atoms with Crippen molar-refractivity contribution in [1.82, 2.24) is 9.88 Å². The first kappa shape index (κ1) is 25.3. The second-order valence-corrected chi connectivity index (χ2v) is 8.84. The van der Waals surface area contributed by atoms with Gasteiger partial charge in [-0.25, -0.2) is 22.4 Å². The van der Waals surface area contributed by atoms with Crippen molar-refractivity contribution >= 4 is 28.5 Å². The van der Waals surface area contributed by atoms with Crippen LogP contribution in [0.5, 0.6) is 0 Å². The molecule has 0 atom stereocenters. The van der Waals surface area contributed by atoms with Crippen LogP contribution < -0.4 is 5.32 Å². The fourth-order valence-electron chi connectivity index (χ4n) is 4.52. The van der Waals surface area contributed by atoms with E-state index in [4.69, 9.17) is 9.72 Å². The predicted molar refractivity (Wildman–Crippen MR) is 131 cm³/mol. The fraction of sp³-hybridized carbons (Fsp3) is 0.179. The Morgan fingerprint density at radius 2 is 1.63 bits per heavy atom. The van der Waals surface area contributed by atoms with Gasteiger partial charge in [-0.3, -0.25) is 14.7 Å². The lowest BCUT2D eigenvalue weighted by atomic mass is 9.95. The fourth-order valence-corrected chi connectivity index (χ4v) is 4.52. The maximum absolute atomic E-state index is 13.9. The van der Waals surface area contributed by atoms with E-state index in [2.05, 4.69) is 4.90 Å². The maximum atomic E-state index is 13.9. The summed E-state index contributed by atoms with van der Waals surface area (Å²) in [6.07, 6.45) is 0.595. The minimum absolute atomic E-state index is 0.0269. The monoisotopic (exact) mass is 523 g/mol. The van der Waals surface area contributed by atoms with E-state index >= 15 is 0 Å². The Balaban J connectivity index is 1.38. The molecule has 5 rings (SSSR count). The molecule has 1 aromatic heterocycles. The maximum Gasteiger partial charge on any atom is 0.339 e. The number of carbonyl (C=O) groups excluding carboxylic acids is 2. The Morgan fingerprint density at radius 3 is 2.37 bits per heavy atom. The van der Waals surface area contributed by atoms with Crippen LogP contribution >= 0.6 is 0 Å². The molecule has 1 aliphatic heterocycles. The highest BCUT2D eigenvalue weighted by Crippen LogP contribution is 2.30. The molecule has 6 nitrogen and oxygen atoms in total. The van der Waals surface area contributed by atoms with Crippen molar-refractivity contribution in [1.29, 1.82) is 0 Å². The third kappa shape index (κ3) is 5.08. The number of para-hydroxylation sites is 1. The number of rotatable bonds is 6. The van der Waals surface area contributed by atoms with E-state index in [9.17, 15) is 27.2 Å². The summed E-state index contributed by atoms with van der Waals surface area (Å²) in [5.41, 5.74) is 2.04. The number of pyridine rings is 1. The summed E-state index contributed by atoms with van der Waals surface area (Å²) < 4.78 is 59.9. The second kappa shape index (κ2) is 10.6. The van der Waals surface area contributed by atoms with Crippen LogP contribution in [0.25, 0.3) is 10.9 Å². The molecular formula is C28H21F4N3O3. The van der Waals surface area contributed by atoms with Gasteiger partial charge < -0.3 is 10.1 Å². The molecule has 0 unspecified atom stereocenters. The molecular weight excluding hydrogens is 502 g/mol. The van der Waals surface area contributed by atoms with E-state index in [1.165, 1.54) is 0 Å². The molecule has 0 spiro atoms. The molecule has 0 saturated carbocycles. The molecule has 1 aliphatic rings. The Kier molecular flexibility index (Phi) is 7.06. The Hall–Kier alpha value is -4.31. The number of hydrogen-bond donors (Lipinski definition) is 1. The number of hydrogen-bond acceptors (Lipinski definition) is 5. The average Bonchev–Trinajstić information content (AvgIpc) is 2.92. The number of halogens is 4. The molecule has 1 N–H and O–H groups in total. The van der Waals surface area contributed by atoms with Crippen LogP contribution in [0.2, 0.25) is 0 Å². The van der Waals surface area contributed by atoms with Crippen LogP contribution in [0.15, 0.2) is 60.7 Å². The highest BCUT2D eigenvalue weighted by atomic mass is 19.2. The van der Waals surface area contributed by atoms with E-state index in [0.717, 1.165) is 17.8 Å². The van der Waals surface area contributed by atoms with Crippen LogP contribution in [0, 0.1) is 23.3 Å². The lowest BCUT2D eigenvalue weighted by molar-refractivity contribution is -0.119. The molecule has 10 heteroatoms. The summed E-state index contributed by atoms with van der Waals surface area (Å²) in [6.45, 7) is 0.865. The lowest BCUT2D eigenvalue weighted by Gasteiger charge is -2.30. The predicted octanol–water partition coefficient (Wildman–Crippen LogP) is 5.15. The van der Waals surface area contributed by atoms with Crippen LogP contribution in [-0.4, -0.2) is 34.9 Å². The molecule has 4 aromatic rings. The molecule has 0 aliphatic carbocycles. The van der Waals surface area contributed by atoms with Gasteiger partial charge in [0.25, 0.3) is 5.91 Å². The van der Waals surface area contributed by atoms with E-state index in [1.54, 1.807) is 29.6 Å². The summed E-state index contributed by atoms with van der Waals surface area (Å²) in [6, 6.07) is 16.9. The van der Waals surface area contributed by atoms with Gasteiger partial charge >= 0.3 is 5.97 Å². The highest BCUT2D eigenvalue weighted by Gasteiger charge is 2.28. The summed E-state index contributed by atoms with van der Waals surface area (Å²) in [5, 5.41) is 2.26. The number of ether oxygens (including phenoxy) is 1. The van der Waals surface area contributed by atoms with E-state index in [1.807, 2.05) is 30.3 Å².